The van der Waals surface area contributed by atoms with E-state index in [0.29, 0.717) is 55.3 Å². The lowest BCUT2D eigenvalue weighted by Gasteiger charge is -2.32. The predicted molar refractivity (Wildman–Crippen MR) is 145 cm³/mol. The van der Waals surface area contributed by atoms with Crippen molar-refractivity contribution >= 4 is 17.9 Å². The third kappa shape index (κ3) is 6.91. The first-order valence-corrected chi connectivity index (χ1v) is 12.7. The Morgan fingerprint density at radius 3 is 1.58 bits per heavy atom. The van der Waals surface area contributed by atoms with E-state index in [4.69, 9.17) is 18.9 Å². The summed E-state index contributed by atoms with van der Waals surface area (Å²) in [4.78, 5) is 15.8. The molecule has 0 saturated carbocycles. The number of ketones is 1. The van der Waals surface area contributed by atoms with Crippen LogP contribution in [0.3, 0.4) is 0 Å². The van der Waals surface area contributed by atoms with E-state index in [1.165, 1.54) is 0 Å². The highest BCUT2D eigenvalue weighted by Gasteiger charge is 2.27. The van der Waals surface area contributed by atoms with Crippen LogP contribution in [0.4, 0.5) is 0 Å². The smallest absolute Gasteiger partial charge is 0.187 e. The molecule has 6 heteroatoms. The molecule has 2 aromatic rings. The van der Waals surface area contributed by atoms with Crippen molar-refractivity contribution in [3.8, 4) is 23.0 Å². The van der Waals surface area contributed by atoms with Gasteiger partial charge in [0.05, 0.1) is 27.4 Å². The van der Waals surface area contributed by atoms with Crippen molar-refractivity contribution in [3.63, 3.8) is 0 Å². The predicted octanol–water partition coefficient (Wildman–Crippen LogP) is 6.04. The maximum Gasteiger partial charge on any atom is 0.187 e. The van der Waals surface area contributed by atoms with Gasteiger partial charge in [0.1, 0.15) is 0 Å². The summed E-state index contributed by atoms with van der Waals surface area (Å²) < 4.78 is 22.6. The quantitative estimate of drug-likeness (QED) is 0.356. The summed E-state index contributed by atoms with van der Waals surface area (Å²) >= 11 is 0. The molecule has 0 N–H and O–H groups in total. The van der Waals surface area contributed by atoms with E-state index >= 15 is 0 Å². The zero-order valence-corrected chi connectivity index (χ0v) is 22.4. The van der Waals surface area contributed by atoms with Gasteiger partial charge >= 0.3 is 0 Å². The van der Waals surface area contributed by atoms with Crippen molar-refractivity contribution in [2.24, 2.45) is 0 Å². The summed E-state index contributed by atoms with van der Waals surface area (Å²) in [6.45, 7) is 10.9. The molecule has 1 aliphatic rings. The lowest BCUT2D eigenvalue weighted by Crippen LogP contribution is -2.41. The molecule has 36 heavy (non-hydrogen) atoms. The average Bonchev–Trinajstić information content (AvgIpc) is 2.88. The summed E-state index contributed by atoms with van der Waals surface area (Å²) in [5.74, 6) is 2.80. The fraction of sp³-hybridized carbons (Fsp3) is 0.433. The minimum Gasteiger partial charge on any atom is -0.493 e. The second kappa shape index (κ2) is 13.2. The van der Waals surface area contributed by atoms with Crippen LogP contribution in [0, 0.1) is 0 Å². The molecule has 0 unspecified atom stereocenters. The fourth-order valence-electron chi connectivity index (χ4n) is 4.04. The molecular weight excluding hydrogens is 454 g/mol. The summed E-state index contributed by atoms with van der Waals surface area (Å²) in [5, 5.41) is 0. The standard InChI is InChI=1S/C30H39NO5/c1-7-13-35-26-11-9-22(17-28(26)33-5)15-24-19-31(21(3)4)20-25(30(24)32)16-23-10-12-27(36-14-8-2)29(18-23)34-6/h9-12,15-18,21H,7-8,13-14,19-20H2,1-6H3/b24-15+,25-16+. The first-order valence-electron chi connectivity index (χ1n) is 12.7. The van der Waals surface area contributed by atoms with Gasteiger partial charge < -0.3 is 18.9 Å². The summed E-state index contributed by atoms with van der Waals surface area (Å²) in [7, 11) is 3.26. The number of ether oxygens (including phenoxy) is 4. The summed E-state index contributed by atoms with van der Waals surface area (Å²) in [6.07, 6.45) is 5.76. The molecule has 6 nitrogen and oxygen atoms in total. The molecule has 0 spiro atoms. The minimum atomic E-state index is 0.0578. The SMILES string of the molecule is CCCOc1ccc(/C=C2\CN(C(C)C)C/C(=C\c3ccc(OCCC)c(OC)c3)C2=O)cc1OC. The van der Waals surface area contributed by atoms with Crippen LogP contribution in [-0.4, -0.2) is 57.2 Å². The van der Waals surface area contributed by atoms with Gasteiger partial charge in [-0.15, -0.1) is 0 Å². The molecule has 0 radical (unpaired) electrons. The van der Waals surface area contributed by atoms with Gasteiger partial charge in [0, 0.05) is 30.3 Å². The number of methoxy groups -OCH3 is 2. The van der Waals surface area contributed by atoms with Crippen molar-refractivity contribution < 1.29 is 23.7 Å². The number of hydrogen-bond donors (Lipinski definition) is 0. The Hall–Kier alpha value is -3.25. The van der Waals surface area contributed by atoms with Crippen LogP contribution in [0.2, 0.25) is 0 Å². The Morgan fingerprint density at radius 2 is 1.22 bits per heavy atom. The van der Waals surface area contributed by atoms with Gasteiger partial charge in [-0.05, 0) is 74.2 Å². The lowest BCUT2D eigenvalue weighted by atomic mass is 9.93. The van der Waals surface area contributed by atoms with Crippen LogP contribution in [0.15, 0.2) is 47.5 Å². The van der Waals surface area contributed by atoms with E-state index in [2.05, 4.69) is 32.6 Å². The zero-order valence-electron chi connectivity index (χ0n) is 22.4. The summed E-state index contributed by atoms with van der Waals surface area (Å²) in [5.41, 5.74) is 3.31. The summed E-state index contributed by atoms with van der Waals surface area (Å²) in [6, 6.07) is 11.9. The van der Waals surface area contributed by atoms with Crippen molar-refractivity contribution in [2.45, 2.75) is 46.6 Å². The number of carbonyl (C=O) groups is 1. The first kappa shape index (κ1) is 27.3. The molecule has 1 fully saturated rings. The van der Waals surface area contributed by atoms with Gasteiger partial charge in [-0.1, -0.05) is 26.0 Å². The molecule has 0 aliphatic carbocycles. The molecule has 2 aromatic carbocycles. The topological polar surface area (TPSA) is 57.2 Å². The van der Waals surface area contributed by atoms with Crippen molar-refractivity contribution in [1.29, 1.82) is 0 Å². The third-order valence-corrected chi connectivity index (χ3v) is 6.04. The second-order valence-corrected chi connectivity index (χ2v) is 9.18. The van der Waals surface area contributed by atoms with Gasteiger partial charge in [0.25, 0.3) is 0 Å². The van der Waals surface area contributed by atoms with E-state index in [9.17, 15) is 4.79 Å². The molecule has 1 saturated heterocycles. The van der Waals surface area contributed by atoms with Crippen LogP contribution in [0.1, 0.15) is 51.7 Å². The number of hydrogen-bond acceptors (Lipinski definition) is 6. The van der Waals surface area contributed by atoms with E-state index in [-0.39, 0.29) is 5.78 Å². The largest absolute Gasteiger partial charge is 0.493 e. The van der Waals surface area contributed by atoms with Crippen LogP contribution in [0.5, 0.6) is 23.0 Å². The Morgan fingerprint density at radius 1 is 0.778 bits per heavy atom. The maximum atomic E-state index is 13.6. The Kier molecular flexibility index (Phi) is 10.00. The lowest BCUT2D eigenvalue weighted by molar-refractivity contribution is -0.113. The minimum absolute atomic E-state index is 0.0578. The molecule has 3 rings (SSSR count). The van der Waals surface area contributed by atoms with Crippen LogP contribution in [0.25, 0.3) is 12.2 Å². The average molecular weight is 494 g/mol. The van der Waals surface area contributed by atoms with E-state index in [1.54, 1.807) is 14.2 Å². The third-order valence-electron chi connectivity index (χ3n) is 6.04. The molecular formula is C30H39NO5. The van der Waals surface area contributed by atoms with Gasteiger partial charge in [-0.25, -0.2) is 0 Å². The van der Waals surface area contributed by atoms with Gasteiger partial charge in [0.15, 0.2) is 28.8 Å². The molecule has 1 aliphatic heterocycles. The van der Waals surface area contributed by atoms with E-state index < -0.39 is 0 Å². The molecule has 0 amide bonds. The fourth-order valence-corrected chi connectivity index (χ4v) is 4.04. The second-order valence-electron chi connectivity index (χ2n) is 9.18. The van der Waals surface area contributed by atoms with Gasteiger partial charge in [0.2, 0.25) is 0 Å². The zero-order chi connectivity index (χ0) is 26.1. The highest BCUT2D eigenvalue weighted by atomic mass is 16.5. The van der Waals surface area contributed by atoms with Crippen LogP contribution >= 0.6 is 0 Å². The van der Waals surface area contributed by atoms with Crippen molar-refractivity contribution in [1.82, 2.24) is 4.90 Å². The van der Waals surface area contributed by atoms with Gasteiger partial charge in [-0.2, -0.15) is 0 Å². The monoisotopic (exact) mass is 493 g/mol. The van der Waals surface area contributed by atoms with Crippen LogP contribution in [-0.2, 0) is 4.79 Å². The molecule has 0 aromatic heterocycles. The van der Waals surface area contributed by atoms with E-state index in [1.807, 2.05) is 48.6 Å². The number of carbonyl (C=O) groups excluding carboxylic acids is 1. The first-order chi connectivity index (χ1) is 17.4. The Labute approximate surface area is 215 Å². The van der Waals surface area contributed by atoms with Crippen molar-refractivity contribution in [3.05, 3.63) is 58.7 Å². The normalized spacial score (nSPS) is 16.6. The molecule has 0 bridgehead atoms. The van der Waals surface area contributed by atoms with Crippen LogP contribution < -0.4 is 18.9 Å². The number of likely N-dealkylation sites (tertiary alicyclic amines) is 1. The number of benzene rings is 2. The molecule has 0 atom stereocenters. The van der Waals surface area contributed by atoms with E-state index in [0.717, 1.165) is 35.1 Å². The Balaban J connectivity index is 1.93. The number of rotatable bonds is 11. The Bertz CT molecular complexity index is 1020. The highest BCUT2D eigenvalue weighted by molar-refractivity contribution is 6.14. The number of piperidine rings is 1. The maximum absolute atomic E-state index is 13.6. The van der Waals surface area contributed by atoms with Crippen molar-refractivity contribution in [2.75, 3.05) is 40.5 Å². The number of nitrogens with zero attached hydrogens (tertiary/aromatic N) is 1. The van der Waals surface area contributed by atoms with Gasteiger partial charge in [-0.3, -0.25) is 9.69 Å². The number of Topliss-reactive ketones (excluding diaryl/α,β-unsaturated/α-hetero) is 1. The molecule has 194 valence electrons. The highest BCUT2D eigenvalue weighted by Crippen LogP contribution is 2.32. The molecule has 1 heterocycles.